The first-order chi connectivity index (χ1) is 9.74. The van der Waals surface area contributed by atoms with Crippen molar-refractivity contribution in [3.63, 3.8) is 0 Å². The molecule has 0 aliphatic carbocycles. The normalized spacial score (nSPS) is 10.4. The maximum Gasteiger partial charge on any atom is 0.345 e. The predicted octanol–water partition coefficient (Wildman–Crippen LogP) is 3.68. The average Bonchev–Trinajstić information content (AvgIpc) is 2.48. The number of rotatable bonds is 2. The van der Waals surface area contributed by atoms with Crippen LogP contribution in [0.15, 0.2) is 69.9 Å². The molecule has 0 aliphatic rings. The molecule has 20 heavy (non-hydrogen) atoms. The van der Waals surface area contributed by atoms with Crippen LogP contribution in [0.25, 0.3) is 22.6 Å². The summed E-state index contributed by atoms with van der Waals surface area (Å²) in [5.41, 5.74) is 2.50. The summed E-state index contributed by atoms with van der Waals surface area (Å²) in [7, 11) is 0. The molecule has 3 rings (SSSR count). The van der Waals surface area contributed by atoms with Gasteiger partial charge in [0.1, 0.15) is 5.76 Å². The van der Waals surface area contributed by atoms with Gasteiger partial charge in [0.15, 0.2) is 0 Å². The van der Waals surface area contributed by atoms with Gasteiger partial charge < -0.3 is 4.42 Å². The molecule has 3 aromatic rings. The minimum absolute atomic E-state index is 0.371. The van der Waals surface area contributed by atoms with E-state index in [2.05, 4.69) is 4.98 Å². The molecule has 0 atom stereocenters. The van der Waals surface area contributed by atoms with Crippen LogP contribution in [0.4, 0.5) is 0 Å². The minimum atomic E-state index is -0.371. The monoisotopic (exact) mass is 263 g/mol. The van der Waals surface area contributed by atoms with Gasteiger partial charge in [0, 0.05) is 11.3 Å². The number of hydrogen-bond donors (Lipinski definition) is 0. The Morgan fingerprint density at radius 2 is 1.70 bits per heavy atom. The fourth-order valence-electron chi connectivity index (χ4n) is 2.06. The van der Waals surface area contributed by atoms with E-state index in [9.17, 15) is 4.79 Å². The van der Waals surface area contributed by atoms with Gasteiger partial charge in [0.05, 0.1) is 11.3 Å². The highest BCUT2D eigenvalue weighted by molar-refractivity contribution is 5.62. The van der Waals surface area contributed by atoms with Crippen molar-refractivity contribution in [2.45, 2.75) is 6.92 Å². The van der Waals surface area contributed by atoms with Crippen molar-refractivity contribution in [1.29, 1.82) is 0 Å². The van der Waals surface area contributed by atoms with Crippen LogP contribution in [0.1, 0.15) is 5.69 Å². The Labute approximate surface area is 116 Å². The molecule has 0 amide bonds. The molecular weight excluding hydrogens is 250 g/mol. The molecule has 0 aliphatic heterocycles. The highest BCUT2D eigenvalue weighted by Crippen LogP contribution is 2.20. The Bertz CT molecular complexity index is 791. The van der Waals surface area contributed by atoms with Crippen molar-refractivity contribution >= 4 is 0 Å². The number of pyridine rings is 1. The van der Waals surface area contributed by atoms with Gasteiger partial charge in [-0.1, -0.05) is 36.4 Å². The van der Waals surface area contributed by atoms with Crippen LogP contribution in [-0.4, -0.2) is 4.98 Å². The molecule has 0 N–H and O–H groups in total. The van der Waals surface area contributed by atoms with Crippen LogP contribution in [-0.2, 0) is 0 Å². The van der Waals surface area contributed by atoms with Gasteiger partial charge in [-0.2, -0.15) is 0 Å². The molecule has 98 valence electrons. The Morgan fingerprint density at radius 1 is 0.900 bits per heavy atom. The van der Waals surface area contributed by atoms with Gasteiger partial charge in [-0.05, 0) is 31.2 Å². The van der Waals surface area contributed by atoms with Gasteiger partial charge in [0.2, 0.25) is 0 Å². The van der Waals surface area contributed by atoms with Crippen LogP contribution in [0.5, 0.6) is 0 Å². The maximum atomic E-state index is 12.1. The van der Waals surface area contributed by atoms with Gasteiger partial charge in [-0.25, -0.2) is 4.79 Å². The van der Waals surface area contributed by atoms with Crippen LogP contribution in [0, 0.1) is 6.92 Å². The van der Waals surface area contributed by atoms with Crippen molar-refractivity contribution < 1.29 is 4.42 Å². The molecule has 1 aromatic carbocycles. The molecular formula is C17H13NO2. The first kappa shape index (κ1) is 12.4. The molecule has 2 aromatic heterocycles. The van der Waals surface area contributed by atoms with E-state index in [1.54, 1.807) is 18.2 Å². The number of aryl methyl sites for hydroxylation is 1. The van der Waals surface area contributed by atoms with E-state index < -0.39 is 0 Å². The topological polar surface area (TPSA) is 43.1 Å². The molecule has 0 bridgehead atoms. The van der Waals surface area contributed by atoms with Crippen molar-refractivity contribution in [1.82, 2.24) is 4.98 Å². The number of aromatic nitrogens is 1. The predicted molar refractivity (Wildman–Crippen MR) is 78.4 cm³/mol. The Balaban J connectivity index is 2.07. The summed E-state index contributed by atoms with van der Waals surface area (Å²) in [4.78, 5) is 16.5. The smallest absolute Gasteiger partial charge is 0.345 e. The van der Waals surface area contributed by atoms with E-state index in [0.717, 1.165) is 11.3 Å². The lowest BCUT2D eigenvalue weighted by atomic mass is 10.1. The fourth-order valence-corrected chi connectivity index (χ4v) is 2.06. The molecule has 0 saturated heterocycles. The average molecular weight is 263 g/mol. The lowest BCUT2D eigenvalue weighted by Crippen LogP contribution is -2.04. The minimum Gasteiger partial charge on any atom is -0.422 e. The van der Waals surface area contributed by atoms with E-state index in [1.165, 1.54) is 0 Å². The van der Waals surface area contributed by atoms with E-state index in [4.69, 9.17) is 4.42 Å². The zero-order valence-corrected chi connectivity index (χ0v) is 11.0. The Hall–Kier alpha value is -2.68. The van der Waals surface area contributed by atoms with Gasteiger partial charge in [0.25, 0.3) is 0 Å². The molecule has 0 unspecified atom stereocenters. The summed E-state index contributed by atoms with van der Waals surface area (Å²) in [6.45, 7) is 1.89. The highest BCUT2D eigenvalue weighted by atomic mass is 16.4. The quantitative estimate of drug-likeness (QED) is 0.708. The van der Waals surface area contributed by atoms with E-state index in [-0.39, 0.29) is 5.63 Å². The SMILES string of the molecule is Cc1cccc(-c2ccc(-c3ccccc3)oc2=O)n1. The number of benzene rings is 1. The number of hydrogen-bond acceptors (Lipinski definition) is 3. The lowest BCUT2D eigenvalue weighted by molar-refractivity contribution is 0.528. The van der Waals surface area contributed by atoms with E-state index >= 15 is 0 Å². The zero-order chi connectivity index (χ0) is 13.9. The first-order valence-corrected chi connectivity index (χ1v) is 6.37. The van der Waals surface area contributed by atoms with Crippen molar-refractivity contribution in [3.05, 3.63) is 76.8 Å². The van der Waals surface area contributed by atoms with Crippen molar-refractivity contribution in [2.24, 2.45) is 0 Å². The molecule has 3 heteroatoms. The summed E-state index contributed by atoms with van der Waals surface area (Å²) in [5.74, 6) is 0.562. The van der Waals surface area contributed by atoms with Crippen LogP contribution in [0.2, 0.25) is 0 Å². The number of nitrogens with zero attached hydrogens (tertiary/aromatic N) is 1. The maximum absolute atomic E-state index is 12.1. The van der Waals surface area contributed by atoms with Crippen molar-refractivity contribution in [3.8, 4) is 22.6 Å². The fraction of sp³-hybridized carbons (Fsp3) is 0.0588. The largest absolute Gasteiger partial charge is 0.422 e. The standard InChI is InChI=1S/C17H13NO2/c1-12-6-5-9-15(18-12)14-10-11-16(20-17(14)19)13-7-3-2-4-8-13/h2-11H,1H3. The summed E-state index contributed by atoms with van der Waals surface area (Å²) in [6, 6.07) is 18.7. The summed E-state index contributed by atoms with van der Waals surface area (Å²) >= 11 is 0. The lowest BCUT2D eigenvalue weighted by Gasteiger charge is -2.03. The second kappa shape index (κ2) is 5.13. The summed E-state index contributed by atoms with van der Waals surface area (Å²) in [5, 5.41) is 0. The Kier molecular flexibility index (Phi) is 3.17. The van der Waals surface area contributed by atoms with Gasteiger partial charge >= 0.3 is 5.63 Å². The van der Waals surface area contributed by atoms with Gasteiger partial charge in [-0.15, -0.1) is 0 Å². The zero-order valence-electron chi connectivity index (χ0n) is 11.0. The molecule has 2 heterocycles. The van der Waals surface area contributed by atoms with E-state index in [0.29, 0.717) is 17.0 Å². The van der Waals surface area contributed by atoms with E-state index in [1.807, 2.05) is 49.4 Å². The molecule has 0 fully saturated rings. The molecule has 0 spiro atoms. The third kappa shape index (κ3) is 2.38. The van der Waals surface area contributed by atoms with Gasteiger partial charge in [-0.3, -0.25) is 4.98 Å². The third-order valence-corrected chi connectivity index (χ3v) is 3.05. The second-order valence-corrected chi connectivity index (χ2v) is 4.53. The van der Waals surface area contributed by atoms with Crippen molar-refractivity contribution in [2.75, 3.05) is 0 Å². The van der Waals surface area contributed by atoms with Crippen LogP contribution in [0.3, 0.4) is 0 Å². The highest BCUT2D eigenvalue weighted by Gasteiger charge is 2.08. The molecule has 3 nitrogen and oxygen atoms in total. The molecule has 0 radical (unpaired) electrons. The second-order valence-electron chi connectivity index (χ2n) is 4.53. The Morgan fingerprint density at radius 3 is 2.40 bits per heavy atom. The van der Waals surface area contributed by atoms with Crippen LogP contribution < -0.4 is 5.63 Å². The summed E-state index contributed by atoms with van der Waals surface area (Å²) in [6.07, 6.45) is 0. The first-order valence-electron chi connectivity index (χ1n) is 6.37. The van der Waals surface area contributed by atoms with Crippen LogP contribution >= 0.6 is 0 Å². The molecule has 0 saturated carbocycles. The third-order valence-electron chi connectivity index (χ3n) is 3.05. The summed E-state index contributed by atoms with van der Waals surface area (Å²) < 4.78 is 5.39.